The van der Waals surface area contributed by atoms with Crippen molar-refractivity contribution in [1.82, 2.24) is 14.3 Å². The van der Waals surface area contributed by atoms with Crippen LogP contribution in [0, 0.1) is 6.92 Å². The quantitative estimate of drug-likeness (QED) is 0.235. The van der Waals surface area contributed by atoms with Crippen molar-refractivity contribution in [3.8, 4) is 11.5 Å². The molecule has 1 unspecified atom stereocenters. The number of nitrogens with zero attached hydrogens (tertiary/aromatic N) is 3. The molecule has 1 aliphatic heterocycles. The molecule has 9 heteroatoms. The van der Waals surface area contributed by atoms with Crippen molar-refractivity contribution in [2.24, 2.45) is 0 Å². The van der Waals surface area contributed by atoms with Crippen LogP contribution in [0.1, 0.15) is 28.6 Å². The summed E-state index contributed by atoms with van der Waals surface area (Å²) in [5, 5.41) is 14.1. The van der Waals surface area contributed by atoms with E-state index in [1.165, 1.54) is 19.1 Å². The first-order valence-electron chi connectivity index (χ1n) is 11.3. The normalized spacial score (nSPS) is 17.1. The number of nitrogens with one attached hydrogen (secondary N) is 1. The van der Waals surface area contributed by atoms with Crippen molar-refractivity contribution < 1.29 is 29.2 Å². The number of rotatable bonds is 6. The number of Topliss-reactive ketones (excluding diaryl/α,β-unsaturated/α-hetero) is 1. The highest BCUT2D eigenvalue weighted by atomic mass is 16.5. The van der Waals surface area contributed by atoms with E-state index in [2.05, 4.69) is 9.97 Å². The lowest BCUT2D eigenvalue weighted by Crippen LogP contribution is -2.30. The van der Waals surface area contributed by atoms with E-state index in [0.29, 0.717) is 28.4 Å². The zero-order valence-electron chi connectivity index (χ0n) is 20.0. The van der Waals surface area contributed by atoms with Crippen molar-refractivity contribution >= 4 is 23.1 Å². The van der Waals surface area contributed by atoms with E-state index >= 15 is 0 Å². The first kappa shape index (κ1) is 23.1. The van der Waals surface area contributed by atoms with Gasteiger partial charge in [-0.3, -0.25) is 9.59 Å². The highest BCUT2D eigenvalue weighted by Gasteiger charge is 2.46. The molecule has 3 aromatic heterocycles. The van der Waals surface area contributed by atoms with Gasteiger partial charge in [-0.15, -0.1) is 0 Å². The Kier molecular flexibility index (Phi) is 5.89. The number of hydrogen-bond donors (Lipinski definition) is 0. The third kappa shape index (κ3) is 3.65. The SMILES string of the molecule is COc1cccc(C2C(=C([O-])c3c(C)nc4ccccn34)C(=O)C(=O)N2Cc2ccc[nH+]c2)c1OC. The second-order valence-electron chi connectivity index (χ2n) is 8.38. The summed E-state index contributed by atoms with van der Waals surface area (Å²) >= 11 is 0. The van der Waals surface area contributed by atoms with E-state index in [1.807, 2.05) is 12.1 Å². The molecule has 1 aliphatic rings. The van der Waals surface area contributed by atoms with Crippen LogP contribution in [0.2, 0.25) is 0 Å². The fourth-order valence-electron chi connectivity index (χ4n) is 4.72. The summed E-state index contributed by atoms with van der Waals surface area (Å²) < 4.78 is 12.7. The number of carbonyl (C=O) groups excluding carboxylic acids is 2. The van der Waals surface area contributed by atoms with Gasteiger partial charge in [0.15, 0.2) is 23.9 Å². The van der Waals surface area contributed by atoms with Gasteiger partial charge in [0.2, 0.25) is 5.78 Å². The number of ketones is 1. The summed E-state index contributed by atoms with van der Waals surface area (Å²) in [6, 6.07) is 13.2. The van der Waals surface area contributed by atoms with E-state index < -0.39 is 23.5 Å². The Morgan fingerprint density at radius 3 is 2.64 bits per heavy atom. The van der Waals surface area contributed by atoms with Crippen LogP contribution < -0.4 is 19.6 Å². The predicted octanol–water partition coefficient (Wildman–Crippen LogP) is 1.90. The molecule has 1 atom stereocenters. The summed E-state index contributed by atoms with van der Waals surface area (Å²) in [4.78, 5) is 35.7. The van der Waals surface area contributed by atoms with Crippen molar-refractivity contribution in [3.63, 3.8) is 0 Å². The van der Waals surface area contributed by atoms with Crippen molar-refractivity contribution in [2.45, 2.75) is 19.5 Å². The number of aromatic amines is 1. The first-order valence-corrected chi connectivity index (χ1v) is 11.3. The number of aryl methyl sites for hydroxylation is 1. The number of pyridine rings is 2. The molecule has 1 saturated heterocycles. The summed E-state index contributed by atoms with van der Waals surface area (Å²) in [5.74, 6) is -1.39. The molecule has 36 heavy (non-hydrogen) atoms. The maximum atomic E-state index is 14.1. The summed E-state index contributed by atoms with van der Waals surface area (Å²) in [7, 11) is 2.98. The van der Waals surface area contributed by atoms with Crippen LogP contribution in [0.25, 0.3) is 11.4 Å². The van der Waals surface area contributed by atoms with E-state index in [-0.39, 0.29) is 17.8 Å². The Morgan fingerprint density at radius 2 is 1.92 bits per heavy atom. The molecule has 0 aliphatic carbocycles. The molecule has 0 spiro atoms. The number of carbonyl (C=O) groups is 2. The number of amides is 1. The fraction of sp³-hybridized carbons (Fsp3) is 0.185. The maximum absolute atomic E-state index is 14.1. The lowest BCUT2D eigenvalue weighted by atomic mass is 9.95. The average Bonchev–Trinajstić information content (AvgIpc) is 3.36. The van der Waals surface area contributed by atoms with Gasteiger partial charge in [0.05, 0.1) is 38.2 Å². The molecule has 0 saturated carbocycles. The zero-order chi connectivity index (χ0) is 25.4. The van der Waals surface area contributed by atoms with Crippen LogP contribution >= 0.6 is 0 Å². The molecule has 0 bridgehead atoms. The molecule has 4 heterocycles. The van der Waals surface area contributed by atoms with Gasteiger partial charge in [0.1, 0.15) is 5.65 Å². The highest BCUT2D eigenvalue weighted by molar-refractivity contribution is 6.46. The number of imidazole rings is 1. The summed E-state index contributed by atoms with van der Waals surface area (Å²) in [5.41, 5.74) is 2.37. The van der Waals surface area contributed by atoms with Gasteiger partial charge in [0.25, 0.3) is 5.91 Å². The largest absolute Gasteiger partial charge is 0.871 e. The number of benzene rings is 1. The Labute approximate surface area is 207 Å². The van der Waals surface area contributed by atoms with Gasteiger partial charge < -0.3 is 23.9 Å². The topological polar surface area (TPSA) is 110 Å². The first-order chi connectivity index (χ1) is 17.5. The molecule has 0 radical (unpaired) electrons. The van der Waals surface area contributed by atoms with Gasteiger partial charge in [-0.05, 0) is 31.2 Å². The average molecular weight is 485 g/mol. The molecular weight excluding hydrogens is 460 g/mol. The van der Waals surface area contributed by atoms with Crippen molar-refractivity contribution in [3.05, 3.63) is 95.2 Å². The number of likely N-dealkylation sites (tertiary alicyclic amines) is 1. The molecule has 9 nitrogen and oxygen atoms in total. The zero-order valence-corrected chi connectivity index (χ0v) is 20.0. The minimum atomic E-state index is -0.989. The van der Waals surface area contributed by atoms with Crippen LogP contribution in [0.5, 0.6) is 11.5 Å². The second-order valence-corrected chi connectivity index (χ2v) is 8.38. The Morgan fingerprint density at radius 1 is 1.08 bits per heavy atom. The van der Waals surface area contributed by atoms with Crippen LogP contribution in [-0.4, -0.2) is 40.2 Å². The maximum Gasteiger partial charge on any atom is 0.295 e. The van der Waals surface area contributed by atoms with Gasteiger partial charge in [-0.25, -0.2) is 9.97 Å². The van der Waals surface area contributed by atoms with Gasteiger partial charge >= 0.3 is 0 Å². The number of aromatic nitrogens is 3. The van der Waals surface area contributed by atoms with E-state index in [4.69, 9.17) is 9.47 Å². The van der Waals surface area contributed by atoms with Gasteiger partial charge in [0, 0.05) is 29.0 Å². The van der Waals surface area contributed by atoms with Crippen molar-refractivity contribution in [2.75, 3.05) is 14.2 Å². The van der Waals surface area contributed by atoms with E-state index in [1.54, 1.807) is 66.3 Å². The standard InChI is InChI=1S/C27H24N4O5/c1-16-22(30-13-5-4-11-20(30)29-16)24(32)21-23(18-9-6-10-19(35-2)26(18)36-3)31(27(34)25(21)33)15-17-8-7-12-28-14-17/h4-14,23,32H,15H2,1-3H3. The summed E-state index contributed by atoms with van der Waals surface area (Å²) in [6.45, 7) is 1.82. The lowest BCUT2D eigenvalue weighted by molar-refractivity contribution is -0.378. The van der Waals surface area contributed by atoms with Crippen LogP contribution in [0.15, 0.2) is 72.7 Å². The molecule has 1 N–H and O–H groups in total. The molecule has 1 aromatic carbocycles. The minimum Gasteiger partial charge on any atom is -0.871 e. The number of para-hydroxylation sites is 1. The van der Waals surface area contributed by atoms with Gasteiger partial charge in [-0.1, -0.05) is 24.0 Å². The second kappa shape index (κ2) is 9.18. The summed E-state index contributed by atoms with van der Waals surface area (Å²) in [6.07, 6.45) is 5.20. The van der Waals surface area contributed by atoms with Crippen LogP contribution in [-0.2, 0) is 16.1 Å². The number of hydrogen-bond acceptors (Lipinski definition) is 6. The van der Waals surface area contributed by atoms with Crippen LogP contribution in [0.4, 0.5) is 0 Å². The molecular formula is C27H24N4O5. The number of ether oxygens (including phenoxy) is 2. The molecule has 182 valence electrons. The van der Waals surface area contributed by atoms with Gasteiger partial charge in [-0.2, -0.15) is 0 Å². The molecule has 1 fully saturated rings. The smallest absolute Gasteiger partial charge is 0.295 e. The number of fused-ring (bicyclic) bond motifs is 1. The van der Waals surface area contributed by atoms with E-state index in [0.717, 1.165) is 5.56 Å². The van der Waals surface area contributed by atoms with Crippen LogP contribution in [0.3, 0.4) is 0 Å². The number of methoxy groups -OCH3 is 2. The molecule has 5 rings (SSSR count). The minimum absolute atomic E-state index is 0.107. The predicted molar refractivity (Wildman–Crippen MR) is 128 cm³/mol. The van der Waals surface area contributed by atoms with E-state index in [9.17, 15) is 14.7 Å². The Hall–Kier alpha value is -4.66. The Balaban J connectivity index is 1.77. The monoisotopic (exact) mass is 484 g/mol. The fourth-order valence-corrected chi connectivity index (χ4v) is 4.72. The number of H-pyrrole nitrogens is 1. The lowest BCUT2D eigenvalue weighted by Gasteiger charge is -2.28. The third-order valence-electron chi connectivity index (χ3n) is 6.30. The van der Waals surface area contributed by atoms with Crippen molar-refractivity contribution in [1.29, 1.82) is 0 Å². The molecule has 4 aromatic rings. The Bertz CT molecular complexity index is 1510. The highest BCUT2D eigenvalue weighted by Crippen LogP contribution is 2.45. The molecule has 1 amide bonds. The third-order valence-corrected chi connectivity index (χ3v) is 6.30.